The Hall–Kier alpha value is -5.47. The average Bonchev–Trinajstić information content (AvgIpc) is 3.15. The summed E-state index contributed by atoms with van der Waals surface area (Å²) in [6.45, 7) is 11.7. The van der Waals surface area contributed by atoms with Crippen LogP contribution < -0.4 is 15.8 Å². The van der Waals surface area contributed by atoms with Gasteiger partial charge in [0.2, 0.25) is 5.91 Å². The van der Waals surface area contributed by atoms with Crippen LogP contribution >= 0.6 is 0 Å². The first kappa shape index (κ1) is 43.6. The third-order valence-electron chi connectivity index (χ3n) is 9.26. The lowest BCUT2D eigenvalue weighted by Gasteiger charge is -2.40. The van der Waals surface area contributed by atoms with Gasteiger partial charge in [-0.05, 0) is 95.3 Å². The Morgan fingerprint density at radius 1 is 0.862 bits per heavy atom. The molecule has 1 aliphatic heterocycles. The second-order valence-corrected chi connectivity index (χ2v) is 16.2. The maximum absolute atomic E-state index is 15.9. The Morgan fingerprint density at radius 3 is 2.05 bits per heavy atom. The molecule has 0 radical (unpaired) electrons. The highest BCUT2D eigenvalue weighted by Crippen LogP contribution is 2.32. The van der Waals surface area contributed by atoms with Gasteiger partial charge in [0.15, 0.2) is 0 Å². The zero-order chi connectivity index (χ0) is 42.0. The van der Waals surface area contributed by atoms with Gasteiger partial charge in [0.25, 0.3) is 0 Å². The normalized spacial score (nSPS) is 15.9. The first-order valence-electron chi connectivity index (χ1n) is 19.3. The van der Waals surface area contributed by atoms with Crippen LogP contribution in [-0.2, 0) is 32.0 Å². The SMILES string of the molecule is CC(C)(C)OC(=O)NN(C(=O)CC(c1ccc(F)cc1)c1ccc(F)cc1)c1cncc(F)c1CC[C@@H]1CN(C(=O)OC(C)(C)C)[C@H](CNCc2ccccc2)CO1. The number of hydrazine groups is 1. The quantitative estimate of drug-likeness (QED) is 0.138. The zero-order valence-electron chi connectivity index (χ0n) is 33.8. The van der Waals surface area contributed by atoms with Crippen molar-refractivity contribution in [3.63, 3.8) is 0 Å². The minimum absolute atomic E-state index is 0.0204. The van der Waals surface area contributed by atoms with Gasteiger partial charge in [0.1, 0.15) is 28.7 Å². The summed E-state index contributed by atoms with van der Waals surface area (Å²) in [5.41, 5.74) is 3.00. The molecule has 2 heterocycles. The molecule has 11 nitrogen and oxygen atoms in total. The third-order valence-corrected chi connectivity index (χ3v) is 9.26. The van der Waals surface area contributed by atoms with Crippen LogP contribution in [0.1, 0.15) is 82.6 Å². The number of hydrogen-bond donors (Lipinski definition) is 2. The molecule has 1 aliphatic rings. The summed E-state index contributed by atoms with van der Waals surface area (Å²) in [4.78, 5) is 46.8. The van der Waals surface area contributed by atoms with E-state index in [0.717, 1.165) is 16.8 Å². The standard InChI is InChI=1S/C44H52F3N5O6/c1-43(2,3)57-41(54)50-52(40(53)22-37(30-12-16-32(45)17-13-30)31-14-18-33(46)19-15-31)39-26-49-25-38(47)36(39)21-20-35-27-51(42(55)58-44(4,5)6)34(28-56-35)24-48-23-29-10-8-7-9-11-29/h7-19,25-26,34-35,37,48H,20-24,27-28H2,1-6H3,(H,50,54)/t34-,35-/m1/s1. The minimum atomic E-state index is -0.980. The lowest BCUT2D eigenvalue weighted by atomic mass is 9.88. The van der Waals surface area contributed by atoms with Gasteiger partial charge in [-0.25, -0.2) is 33.2 Å². The Kier molecular flexibility index (Phi) is 14.5. The number of benzene rings is 3. The summed E-state index contributed by atoms with van der Waals surface area (Å²) in [6.07, 6.45) is 0.193. The molecule has 58 heavy (non-hydrogen) atoms. The number of carbonyl (C=O) groups excluding carboxylic acids is 3. The monoisotopic (exact) mass is 803 g/mol. The minimum Gasteiger partial charge on any atom is -0.444 e. The van der Waals surface area contributed by atoms with Crippen LogP contribution in [0.15, 0.2) is 91.3 Å². The van der Waals surface area contributed by atoms with Crippen molar-refractivity contribution in [3.05, 3.63) is 131 Å². The van der Waals surface area contributed by atoms with Crippen LogP contribution in [0.5, 0.6) is 0 Å². The molecule has 0 unspecified atom stereocenters. The second kappa shape index (κ2) is 19.3. The largest absolute Gasteiger partial charge is 0.444 e. The van der Waals surface area contributed by atoms with Crippen molar-refractivity contribution in [1.29, 1.82) is 0 Å². The van der Waals surface area contributed by atoms with Crippen molar-refractivity contribution in [3.8, 4) is 0 Å². The molecule has 2 N–H and O–H groups in total. The summed E-state index contributed by atoms with van der Waals surface area (Å²) < 4.78 is 61.3. The molecule has 0 aliphatic carbocycles. The fraction of sp³-hybridized carbons (Fsp3) is 0.409. The molecular weight excluding hydrogens is 752 g/mol. The Balaban J connectivity index is 1.39. The van der Waals surface area contributed by atoms with Crippen LogP contribution in [0.4, 0.5) is 28.4 Å². The molecule has 0 spiro atoms. The Labute approximate surface area is 337 Å². The number of ether oxygens (including phenoxy) is 3. The second-order valence-electron chi connectivity index (χ2n) is 16.2. The maximum Gasteiger partial charge on any atom is 0.427 e. The van der Waals surface area contributed by atoms with Crippen molar-refractivity contribution in [2.24, 2.45) is 0 Å². The molecule has 310 valence electrons. The number of aromatic nitrogens is 1. The molecule has 3 aromatic carbocycles. The molecule has 4 aromatic rings. The fourth-order valence-corrected chi connectivity index (χ4v) is 6.56. The van der Waals surface area contributed by atoms with Crippen LogP contribution in [0.2, 0.25) is 0 Å². The number of carbonyl (C=O) groups is 3. The molecular formula is C44H52F3N5O6. The lowest BCUT2D eigenvalue weighted by molar-refractivity contribution is -0.119. The van der Waals surface area contributed by atoms with E-state index in [2.05, 4.69) is 15.7 Å². The maximum atomic E-state index is 15.9. The molecule has 1 saturated heterocycles. The Morgan fingerprint density at radius 2 is 1.47 bits per heavy atom. The number of pyridine rings is 1. The van der Waals surface area contributed by atoms with E-state index >= 15 is 4.39 Å². The number of halogens is 3. The molecule has 0 saturated carbocycles. The molecule has 14 heteroatoms. The van der Waals surface area contributed by atoms with Gasteiger partial charge >= 0.3 is 12.2 Å². The highest BCUT2D eigenvalue weighted by atomic mass is 19.1. The van der Waals surface area contributed by atoms with Gasteiger partial charge in [0, 0.05) is 31.0 Å². The highest BCUT2D eigenvalue weighted by molar-refractivity contribution is 5.96. The van der Waals surface area contributed by atoms with Crippen molar-refractivity contribution in [1.82, 2.24) is 20.6 Å². The summed E-state index contributed by atoms with van der Waals surface area (Å²) >= 11 is 0. The van der Waals surface area contributed by atoms with Gasteiger partial charge in [-0.3, -0.25) is 14.7 Å². The molecule has 0 bridgehead atoms. The Bertz CT molecular complexity index is 1940. The topological polar surface area (TPSA) is 122 Å². The van der Waals surface area contributed by atoms with Gasteiger partial charge in [-0.15, -0.1) is 0 Å². The van der Waals surface area contributed by atoms with Gasteiger partial charge in [-0.2, -0.15) is 0 Å². The van der Waals surface area contributed by atoms with E-state index in [1.165, 1.54) is 54.7 Å². The predicted molar refractivity (Wildman–Crippen MR) is 213 cm³/mol. The number of rotatable bonds is 12. The van der Waals surface area contributed by atoms with E-state index in [4.69, 9.17) is 14.2 Å². The van der Waals surface area contributed by atoms with E-state index in [9.17, 15) is 23.2 Å². The van der Waals surface area contributed by atoms with Crippen molar-refractivity contribution in [2.75, 3.05) is 24.7 Å². The van der Waals surface area contributed by atoms with Gasteiger partial charge in [0.05, 0.1) is 43.4 Å². The molecule has 1 fully saturated rings. The van der Waals surface area contributed by atoms with E-state index in [0.29, 0.717) is 24.2 Å². The lowest BCUT2D eigenvalue weighted by Crippen LogP contribution is -2.56. The molecule has 1 aromatic heterocycles. The summed E-state index contributed by atoms with van der Waals surface area (Å²) in [6, 6.07) is 20.6. The fourth-order valence-electron chi connectivity index (χ4n) is 6.56. The summed E-state index contributed by atoms with van der Waals surface area (Å²) in [5.74, 6) is -3.11. The van der Waals surface area contributed by atoms with Crippen LogP contribution in [0.3, 0.4) is 0 Å². The smallest absolute Gasteiger partial charge is 0.427 e. The molecule has 2 atom stereocenters. The number of hydrogen-bond acceptors (Lipinski definition) is 8. The molecule has 3 amide bonds. The van der Waals surface area contributed by atoms with Crippen molar-refractivity contribution in [2.45, 2.75) is 96.6 Å². The highest BCUT2D eigenvalue weighted by Gasteiger charge is 2.36. The number of morpholine rings is 1. The first-order valence-corrected chi connectivity index (χ1v) is 19.3. The number of nitrogens with zero attached hydrogens (tertiary/aromatic N) is 3. The van der Waals surface area contributed by atoms with E-state index in [-0.39, 0.29) is 49.7 Å². The van der Waals surface area contributed by atoms with Crippen LogP contribution in [0, 0.1) is 17.5 Å². The van der Waals surface area contributed by atoms with E-state index in [1.54, 1.807) is 46.4 Å². The predicted octanol–water partition coefficient (Wildman–Crippen LogP) is 8.22. The van der Waals surface area contributed by atoms with E-state index < -0.39 is 58.8 Å². The van der Waals surface area contributed by atoms with Crippen molar-refractivity contribution >= 4 is 23.8 Å². The van der Waals surface area contributed by atoms with Crippen molar-refractivity contribution < 1.29 is 41.8 Å². The average molecular weight is 804 g/mol. The van der Waals surface area contributed by atoms with Gasteiger partial charge < -0.3 is 19.5 Å². The van der Waals surface area contributed by atoms with E-state index in [1.807, 2.05) is 30.3 Å². The third kappa shape index (κ3) is 12.8. The summed E-state index contributed by atoms with van der Waals surface area (Å²) in [7, 11) is 0. The first-order chi connectivity index (χ1) is 27.5. The summed E-state index contributed by atoms with van der Waals surface area (Å²) in [5, 5.41) is 4.30. The number of anilines is 1. The zero-order valence-corrected chi connectivity index (χ0v) is 33.8. The van der Waals surface area contributed by atoms with Gasteiger partial charge in [-0.1, -0.05) is 54.6 Å². The number of amides is 3. The number of nitrogens with one attached hydrogen (secondary N) is 2. The van der Waals surface area contributed by atoms with Crippen LogP contribution in [0.25, 0.3) is 0 Å². The molecule has 5 rings (SSSR count). The van der Waals surface area contributed by atoms with Crippen LogP contribution in [-0.4, -0.2) is 71.0 Å².